The molecule has 0 N–H and O–H groups in total. The van der Waals surface area contributed by atoms with Gasteiger partial charge in [-0.2, -0.15) is 0 Å². The Balaban J connectivity index is 1.80. The molecule has 14 heavy (non-hydrogen) atoms. The summed E-state index contributed by atoms with van der Waals surface area (Å²) in [6.07, 6.45) is 1.30. The lowest BCUT2D eigenvalue weighted by molar-refractivity contribution is -0.353. The molecule has 0 unspecified atom stereocenters. The Hall–Kier alpha value is -1.04. The summed E-state index contributed by atoms with van der Waals surface area (Å²) in [6.45, 7) is 0. The average molecular weight is 205 g/mol. The van der Waals surface area contributed by atoms with Gasteiger partial charge in [0.05, 0.1) is 12.4 Å². The normalized spacial score (nSPS) is 27.4. The Labute approximate surface area is 78.5 Å². The molecule has 1 aromatic rings. The number of imidazole rings is 1. The summed E-state index contributed by atoms with van der Waals surface area (Å²) in [4.78, 5) is 3.70. The van der Waals surface area contributed by atoms with Crippen LogP contribution in [0.1, 0.15) is 18.9 Å². The number of nitrogens with zero attached hydrogens (tertiary/aromatic N) is 2. The van der Waals surface area contributed by atoms with Crippen molar-refractivity contribution < 1.29 is 17.9 Å². The maximum Gasteiger partial charge on any atom is 0.522 e. The highest BCUT2D eigenvalue weighted by Crippen LogP contribution is 2.37. The van der Waals surface area contributed by atoms with Crippen molar-refractivity contribution in [2.75, 3.05) is 0 Å². The smallest absolute Gasteiger partial charge is 0.334 e. The van der Waals surface area contributed by atoms with E-state index in [9.17, 15) is 13.2 Å². The number of aromatic nitrogens is 2. The van der Waals surface area contributed by atoms with Gasteiger partial charge >= 0.3 is 6.36 Å². The van der Waals surface area contributed by atoms with Crippen molar-refractivity contribution >= 4 is 0 Å². The highest BCUT2D eigenvalue weighted by Gasteiger charge is 2.40. The summed E-state index contributed by atoms with van der Waals surface area (Å²) < 4.78 is 40.9. The number of rotatable bonds is 2. The number of hydrogen-bond donors (Lipinski definition) is 0. The van der Waals surface area contributed by atoms with Crippen molar-refractivity contribution in [2.24, 2.45) is 0 Å². The minimum absolute atomic E-state index is 0.0705. The molecule has 1 aliphatic rings. The van der Waals surface area contributed by atoms with E-state index in [1.807, 2.05) is 0 Å². The standard InChI is InChI=1S/C8H8F3N2O/c9-8(10,11)14-7-3-6(4-7)13-2-1-12-5-13/h2,5-7H,3-4H2. The van der Waals surface area contributed by atoms with Gasteiger partial charge in [0.2, 0.25) is 0 Å². The highest BCUT2D eigenvalue weighted by atomic mass is 19.4. The van der Waals surface area contributed by atoms with Crippen LogP contribution in [0, 0.1) is 6.20 Å². The van der Waals surface area contributed by atoms with Crippen LogP contribution in [0.4, 0.5) is 13.2 Å². The Morgan fingerprint density at radius 3 is 2.64 bits per heavy atom. The van der Waals surface area contributed by atoms with Gasteiger partial charge in [-0.05, 0) is 12.8 Å². The molecule has 0 atom stereocenters. The fourth-order valence-corrected chi connectivity index (χ4v) is 1.50. The van der Waals surface area contributed by atoms with Crippen molar-refractivity contribution in [1.82, 2.24) is 9.55 Å². The second-order valence-corrected chi connectivity index (χ2v) is 3.26. The second kappa shape index (κ2) is 3.27. The van der Waals surface area contributed by atoms with Gasteiger partial charge in [-0.3, -0.25) is 4.74 Å². The average Bonchev–Trinajstić information content (AvgIpc) is 2.45. The Morgan fingerprint density at radius 1 is 1.43 bits per heavy atom. The molecule has 1 fully saturated rings. The van der Waals surface area contributed by atoms with Gasteiger partial charge in [-0.1, -0.05) is 0 Å². The van der Waals surface area contributed by atoms with Crippen LogP contribution in [0.25, 0.3) is 0 Å². The molecule has 1 aromatic heterocycles. The van der Waals surface area contributed by atoms with Gasteiger partial charge in [-0.15, -0.1) is 13.2 Å². The molecule has 0 saturated heterocycles. The Morgan fingerprint density at radius 2 is 2.14 bits per heavy atom. The predicted octanol–water partition coefficient (Wildman–Crippen LogP) is 1.92. The van der Waals surface area contributed by atoms with Crippen molar-refractivity contribution in [3.05, 3.63) is 18.7 Å². The first kappa shape index (κ1) is 9.51. The van der Waals surface area contributed by atoms with Crippen LogP contribution in [-0.4, -0.2) is 22.0 Å². The number of halogens is 3. The summed E-state index contributed by atoms with van der Waals surface area (Å²) in [7, 11) is 0. The third-order valence-corrected chi connectivity index (χ3v) is 2.26. The topological polar surface area (TPSA) is 27.1 Å². The van der Waals surface area contributed by atoms with Crippen molar-refractivity contribution in [3.8, 4) is 0 Å². The maximum atomic E-state index is 11.7. The summed E-state index contributed by atoms with van der Waals surface area (Å²) in [6, 6.07) is 0.0705. The maximum absolute atomic E-state index is 11.7. The first-order valence-electron chi connectivity index (χ1n) is 4.18. The van der Waals surface area contributed by atoms with Gasteiger partial charge in [-0.25, -0.2) is 4.98 Å². The van der Waals surface area contributed by atoms with Crippen molar-refractivity contribution in [3.63, 3.8) is 0 Å². The fraction of sp³-hybridized carbons (Fsp3) is 0.625. The zero-order chi connectivity index (χ0) is 10.2. The third kappa shape index (κ3) is 2.06. The van der Waals surface area contributed by atoms with Crippen LogP contribution in [0.2, 0.25) is 0 Å². The zero-order valence-corrected chi connectivity index (χ0v) is 7.16. The summed E-state index contributed by atoms with van der Waals surface area (Å²) >= 11 is 0. The third-order valence-electron chi connectivity index (χ3n) is 2.26. The van der Waals surface area contributed by atoms with E-state index in [1.165, 1.54) is 0 Å². The van der Waals surface area contributed by atoms with Crippen LogP contribution >= 0.6 is 0 Å². The largest absolute Gasteiger partial charge is 0.522 e. The van der Waals surface area contributed by atoms with E-state index in [1.54, 1.807) is 17.1 Å². The number of ether oxygens (including phenoxy) is 1. The molecule has 6 heteroatoms. The molecule has 77 valence electrons. The van der Waals surface area contributed by atoms with E-state index in [2.05, 4.69) is 15.9 Å². The van der Waals surface area contributed by atoms with E-state index in [-0.39, 0.29) is 6.04 Å². The molecule has 0 aromatic carbocycles. The van der Waals surface area contributed by atoms with Gasteiger partial charge < -0.3 is 4.57 Å². The summed E-state index contributed by atoms with van der Waals surface area (Å²) in [5.74, 6) is 0. The zero-order valence-electron chi connectivity index (χ0n) is 7.16. The first-order valence-corrected chi connectivity index (χ1v) is 4.18. The van der Waals surface area contributed by atoms with Gasteiger partial charge in [0.25, 0.3) is 0 Å². The lowest BCUT2D eigenvalue weighted by atomic mass is 9.89. The summed E-state index contributed by atoms with van der Waals surface area (Å²) in [5, 5.41) is 0. The monoisotopic (exact) mass is 205 g/mol. The minimum atomic E-state index is -4.52. The molecule has 1 aliphatic carbocycles. The van der Waals surface area contributed by atoms with E-state index in [4.69, 9.17) is 0 Å². The van der Waals surface area contributed by atoms with E-state index < -0.39 is 12.5 Å². The lowest BCUT2D eigenvalue weighted by Gasteiger charge is -2.35. The van der Waals surface area contributed by atoms with Crippen LogP contribution < -0.4 is 0 Å². The van der Waals surface area contributed by atoms with E-state index in [0.29, 0.717) is 12.8 Å². The Kier molecular flexibility index (Phi) is 2.22. The Bertz CT molecular complexity index is 290. The molecule has 1 heterocycles. The van der Waals surface area contributed by atoms with Gasteiger partial charge in [0.15, 0.2) is 0 Å². The molecule has 2 rings (SSSR count). The highest BCUT2D eigenvalue weighted by molar-refractivity contribution is 4.89. The van der Waals surface area contributed by atoms with E-state index >= 15 is 0 Å². The van der Waals surface area contributed by atoms with Crippen molar-refractivity contribution in [1.29, 1.82) is 0 Å². The molecule has 0 spiro atoms. The molecule has 0 bridgehead atoms. The van der Waals surface area contributed by atoms with E-state index in [0.717, 1.165) is 0 Å². The molecule has 1 radical (unpaired) electrons. The molecular formula is C8H8F3N2O. The van der Waals surface area contributed by atoms with Crippen LogP contribution in [-0.2, 0) is 4.74 Å². The quantitative estimate of drug-likeness (QED) is 0.737. The number of hydrogen-bond acceptors (Lipinski definition) is 2. The molecule has 1 saturated carbocycles. The van der Waals surface area contributed by atoms with Gasteiger partial charge in [0.1, 0.15) is 6.20 Å². The SMILES string of the molecule is FC(F)(F)OC1CC(n2c[c]nc2)C1. The molecule has 3 nitrogen and oxygen atoms in total. The lowest BCUT2D eigenvalue weighted by Crippen LogP contribution is -2.36. The summed E-state index contributed by atoms with van der Waals surface area (Å²) in [5.41, 5.74) is 0. The fourth-order valence-electron chi connectivity index (χ4n) is 1.50. The molecule has 0 amide bonds. The van der Waals surface area contributed by atoms with Gasteiger partial charge in [0, 0.05) is 12.2 Å². The van der Waals surface area contributed by atoms with Crippen molar-refractivity contribution in [2.45, 2.75) is 31.3 Å². The molecule has 0 aliphatic heterocycles. The first-order chi connectivity index (χ1) is 6.54. The minimum Gasteiger partial charge on any atom is -0.334 e. The number of alkyl halides is 3. The van der Waals surface area contributed by atoms with Crippen LogP contribution in [0.15, 0.2) is 12.5 Å². The predicted molar refractivity (Wildman–Crippen MR) is 40.3 cm³/mol. The molecular weight excluding hydrogens is 197 g/mol. The van der Waals surface area contributed by atoms with Crippen LogP contribution in [0.5, 0.6) is 0 Å². The van der Waals surface area contributed by atoms with Crippen LogP contribution in [0.3, 0.4) is 0 Å². The second-order valence-electron chi connectivity index (χ2n) is 3.26.